The number of carbonyl (C=O) groups excluding carboxylic acids is 1. The normalized spacial score (nSPS) is 9.83. The molecule has 0 spiro atoms. The molecule has 0 aliphatic heterocycles. The highest BCUT2D eigenvalue weighted by atomic mass is 16.5. The average Bonchev–Trinajstić information content (AvgIpc) is 2.39. The number of para-hydroxylation sites is 2. The molecule has 1 amide bonds. The number of ether oxygens (including phenoxy) is 1. The fraction of sp³-hybridized carbons (Fsp3) is 0.0769. The molecule has 0 radical (unpaired) electrons. The van der Waals surface area contributed by atoms with Gasteiger partial charge in [0.05, 0.1) is 24.6 Å². The molecule has 5 nitrogen and oxygen atoms in total. The topological polar surface area (TPSA) is 71.5 Å². The standard InChI is InChI=1S/C13H12N2O3/c1-18-12-5-3-2-4-11(12)15-13(17)9-6-10(16)8-14-7-9/h2-8,16H,1H3,(H,15,17). The summed E-state index contributed by atoms with van der Waals surface area (Å²) in [4.78, 5) is 15.7. The molecule has 2 aromatic rings. The van der Waals surface area contributed by atoms with Crippen molar-refractivity contribution in [2.24, 2.45) is 0 Å². The number of hydrogen-bond acceptors (Lipinski definition) is 4. The van der Waals surface area contributed by atoms with E-state index in [9.17, 15) is 9.90 Å². The molecule has 0 bridgehead atoms. The Balaban J connectivity index is 2.21. The first-order chi connectivity index (χ1) is 8.70. The van der Waals surface area contributed by atoms with Gasteiger partial charge in [-0.2, -0.15) is 0 Å². The van der Waals surface area contributed by atoms with E-state index in [0.717, 1.165) is 0 Å². The third-order valence-corrected chi connectivity index (χ3v) is 2.34. The van der Waals surface area contributed by atoms with Crippen LogP contribution in [0.1, 0.15) is 10.4 Å². The summed E-state index contributed by atoms with van der Waals surface area (Å²) in [6, 6.07) is 8.42. The second-order valence-corrected chi connectivity index (χ2v) is 3.59. The molecular weight excluding hydrogens is 232 g/mol. The molecule has 2 N–H and O–H groups in total. The maximum atomic E-state index is 11.9. The molecule has 0 unspecified atom stereocenters. The minimum absolute atomic E-state index is 0.0531. The zero-order valence-electron chi connectivity index (χ0n) is 9.75. The van der Waals surface area contributed by atoms with Crippen LogP contribution in [0.25, 0.3) is 0 Å². The Kier molecular flexibility index (Phi) is 3.43. The van der Waals surface area contributed by atoms with Crippen LogP contribution in [-0.4, -0.2) is 23.1 Å². The van der Waals surface area contributed by atoms with Crippen LogP contribution in [0.5, 0.6) is 11.5 Å². The first-order valence-electron chi connectivity index (χ1n) is 5.29. The minimum atomic E-state index is -0.358. The highest BCUT2D eigenvalue weighted by Gasteiger charge is 2.09. The maximum Gasteiger partial charge on any atom is 0.257 e. The third kappa shape index (κ3) is 2.57. The second-order valence-electron chi connectivity index (χ2n) is 3.59. The number of hydrogen-bond donors (Lipinski definition) is 2. The van der Waals surface area contributed by atoms with Crippen LogP contribution in [0, 0.1) is 0 Å². The fourth-order valence-electron chi connectivity index (χ4n) is 1.49. The average molecular weight is 244 g/mol. The van der Waals surface area contributed by atoms with E-state index in [0.29, 0.717) is 11.4 Å². The van der Waals surface area contributed by atoms with Crippen molar-refractivity contribution in [3.8, 4) is 11.5 Å². The molecule has 0 saturated heterocycles. The summed E-state index contributed by atoms with van der Waals surface area (Å²) in [5.41, 5.74) is 0.842. The maximum absolute atomic E-state index is 11.9. The van der Waals surface area contributed by atoms with Gasteiger partial charge in [0.25, 0.3) is 5.91 Å². The molecule has 1 aromatic carbocycles. The first-order valence-corrected chi connectivity index (χ1v) is 5.29. The number of aromatic hydroxyl groups is 1. The van der Waals surface area contributed by atoms with Gasteiger partial charge in [0.1, 0.15) is 11.5 Å². The largest absolute Gasteiger partial charge is 0.506 e. The summed E-state index contributed by atoms with van der Waals surface area (Å²) >= 11 is 0. The van der Waals surface area contributed by atoms with Crippen molar-refractivity contribution in [2.75, 3.05) is 12.4 Å². The Morgan fingerprint density at radius 2 is 2.11 bits per heavy atom. The summed E-state index contributed by atoms with van der Waals surface area (Å²) in [7, 11) is 1.53. The monoisotopic (exact) mass is 244 g/mol. The van der Waals surface area contributed by atoms with Gasteiger partial charge in [-0.1, -0.05) is 12.1 Å². The van der Waals surface area contributed by atoms with Gasteiger partial charge in [0, 0.05) is 6.20 Å². The molecule has 92 valence electrons. The van der Waals surface area contributed by atoms with Gasteiger partial charge < -0.3 is 15.2 Å². The van der Waals surface area contributed by atoms with Crippen LogP contribution in [-0.2, 0) is 0 Å². The van der Waals surface area contributed by atoms with Crippen molar-refractivity contribution in [2.45, 2.75) is 0 Å². The summed E-state index contributed by atoms with van der Waals surface area (Å²) in [5, 5.41) is 12.0. The molecule has 1 aromatic heterocycles. The quantitative estimate of drug-likeness (QED) is 0.866. The summed E-state index contributed by atoms with van der Waals surface area (Å²) in [5.74, 6) is 0.157. The molecule has 18 heavy (non-hydrogen) atoms. The Morgan fingerprint density at radius 1 is 1.33 bits per heavy atom. The number of nitrogens with one attached hydrogen (secondary N) is 1. The number of pyridine rings is 1. The molecule has 0 atom stereocenters. The zero-order chi connectivity index (χ0) is 13.0. The lowest BCUT2D eigenvalue weighted by Gasteiger charge is -2.09. The van der Waals surface area contributed by atoms with Gasteiger partial charge in [-0.25, -0.2) is 0 Å². The van der Waals surface area contributed by atoms with Crippen molar-refractivity contribution < 1.29 is 14.6 Å². The van der Waals surface area contributed by atoms with Crippen molar-refractivity contribution in [1.29, 1.82) is 0 Å². The van der Waals surface area contributed by atoms with E-state index in [1.54, 1.807) is 18.2 Å². The van der Waals surface area contributed by atoms with Gasteiger partial charge in [0.2, 0.25) is 0 Å². The first kappa shape index (κ1) is 11.9. The van der Waals surface area contributed by atoms with Crippen LogP contribution >= 0.6 is 0 Å². The number of amides is 1. The molecule has 1 heterocycles. The lowest BCUT2D eigenvalue weighted by Crippen LogP contribution is -2.12. The summed E-state index contributed by atoms with van der Waals surface area (Å²) < 4.78 is 5.13. The summed E-state index contributed by atoms with van der Waals surface area (Å²) in [6.45, 7) is 0. The van der Waals surface area contributed by atoms with E-state index in [-0.39, 0.29) is 17.2 Å². The number of nitrogens with zero attached hydrogens (tertiary/aromatic N) is 1. The predicted octanol–water partition coefficient (Wildman–Crippen LogP) is 2.05. The van der Waals surface area contributed by atoms with E-state index in [2.05, 4.69) is 10.3 Å². The molecule has 0 fully saturated rings. The van der Waals surface area contributed by atoms with E-state index in [1.807, 2.05) is 6.07 Å². The lowest BCUT2D eigenvalue weighted by molar-refractivity contribution is 0.102. The highest BCUT2D eigenvalue weighted by Crippen LogP contribution is 2.23. The Labute approximate surface area is 104 Å². The van der Waals surface area contributed by atoms with Gasteiger partial charge in [0.15, 0.2) is 0 Å². The predicted molar refractivity (Wildman–Crippen MR) is 66.8 cm³/mol. The lowest BCUT2D eigenvalue weighted by atomic mass is 10.2. The van der Waals surface area contributed by atoms with Gasteiger partial charge in [-0.05, 0) is 18.2 Å². The van der Waals surface area contributed by atoms with Crippen LogP contribution < -0.4 is 10.1 Å². The van der Waals surface area contributed by atoms with Gasteiger partial charge in [-0.15, -0.1) is 0 Å². The molecule has 2 rings (SSSR count). The van der Waals surface area contributed by atoms with Crippen LogP contribution in [0.4, 0.5) is 5.69 Å². The molecule has 0 saturated carbocycles. The Bertz CT molecular complexity index is 570. The molecule has 0 aliphatic rings. The van der Waals surface area contributed by atoms with Crippen molar-refractivity contribution in [1.82, 2.24) is 4.98 Å². The van der Waals surface area contributed by atoms with Crippen molar-refractivity contribution in [3.05, 3.63) is 48.3 Å². The highest BCUT2D eigenvalue weighted by molar-refractivity contribution is 6.05. The van der Waals surface area contributed by atoms with Gasteiger partial charge >= 0.3 is 0 Å². The van der Waals surface area contributed by atoms with E-state index < -0.39 is 0 Å². The minimum Gasteiger partial charge on any atom is -0.506 e. The smallest absolute Gasteiger partial charge is 0.257 e. The van der Waals surface area contributed by atoms with Crippen LogP contribution in [0.3, 0.4) is 0 Å². The van der Waals surface area contributed by atoms with E-state index >= 15 is 0 Å². The third-order valence-electron chi connectivity index (χ3n) is 2.34. The van der Waals surface area contributed by atoms with E-state index in [4.69, 9.17) is 4.74 Å². The number of rotatable bonds is 3. The Hall–Kier alpha value is -2.56. The van der Waals surface area contributed by atoms with Crippen molar-refractivity contribution >= 4 is 11.6 Å². The number of aromatic nitrogens is 1. The van der Waals surface area contributed by atoms with Crippen molar-refractivity contribution in [3.63, 3.8) is 0 Å². The molecule has 0 aliphatic carbocycles. The Morgan fingerprint density at radius 3 is 2.83 bits per heavy atom. The van der Waals surface area contributed by atoms with E-state index in [1.165, 1.54) is 25.6 Å². The zero-order valence-corrected chi connectivity index (χ0v) is 9.75. The summed E-state index contributed by atoms with van der Waals surface area (Å²) in [6.07, 6.45) is 2.64. The number of benzene rings is 1. The fourth-order valence-corrected chi connectivity index (χ4v) is 1.49. The molecule has 5 heteroatoms. The van der Waals surface area contributed by atoms with Gasteiger partial charge in [-0.3, -0.25) is 9.78 Å². The number of carbonyl (C=O) groups is 1. The van der Waals surface area contributed by atoms with Crippen LogP contribution in [0.15, 0.2) is 42.7 Å². The SMILES string of the molecule is COc1ccccc1NC(=O)c1cncc(O)c1. The second kappa shape index (κ2) is 5.18. The number of anilines is 1. The van der Waals surface area contributed by atoms with Crippen LogP contribution in [0.2, 0.25) is 0 Å². The molecular formula is C13H12N2O3. The number of methoxy groups -OCH3 is 1.